The van der Waals surface area contributed by atoms with Crippen LogP contribution in [-0.2, 0) is 24.2 Å². The van der Waals surface area contributed by atoms with E-state index in [9.17, 15) is 0 Å². The molecule has 2 N–H and O–H groups in total. The molecule has 0 saturated carbocycles. The van der Waals surface area contributed by atoms with Crippen LogP contribution in [0.15, 0.2) is 28.7 Å². The van der Waals surface area contributed by atoms with Crippen molar-refractivity contribution in [2.75, 3.05) is 25.6 Å². The molecule has 0 atom stereocenters. The van der Waals surface area contributed by atoms with Crippen molar-refractivity contribution in [3.63, 3.8) is 0 Å². The van der Waals surface area contributed by atoms with Gasteiger partial charge in [-0.1, -0.05) is 36.3 Å². The Kier molecular flexibility index (Phi) is 6.18. The van der Waals surface area contributed by atoms with E-state index in [4.69, 9.17) is 9.15 Å². The van der Waals surface area contributed by atoms with Crippen LogP contribution in [0.4, 0.5) is 6.01 Å². The topological polar surface area (TPSA) is 72.2 Å². The van der Waals surface area contributed by atoms with Gasteiger partial charge in [0.2, 0.25) is 5.89 Å². The minimum absolute atomic E-state index is 0.443. The summed E-state index contributed by atoms with van der Waals surface area (Å²) in [7, 11) is 1.67. The molecule has 2 aromatic rings. The Bertz CT molecular complexity index is 525. The third-order valence-electron chi connectivity index (χ3n) is 3.10. The maximum absolute atomic E-state index is 5.49. The standard InChI is InChI=1S/C15H22N4O2/c1-3-12-4-6-13(7-5-12)10-17-15-19-18-14(21-15)11-16-8-9-20-2/h4-7,16H,3,8-11H2,1-2H3,(H,17,19). The van der Waals surface area contributed by atoms with E-state index in [0.29, 0.717) is 31.6 Å². The molecule has 0 bridgehead atoms. The molecule has 1 aromatic heterocycles. The minimum atomic E-state index is 0.443. The van der Waals surface area contributed by atoms with E-state index in [-0.39, 0.29) is 0 Å². The van der Waals surface area contributed by atoms with Crippen LogP contribution >= 0.6 is 0 Å². The zero-order chi connectivity index (χ0) is 14.9. The van der Waals surface area contributed by atoms with Gasteiger partial charge in [-0.25, -0.2) is 0 Å². The summed E-state index contributed by atoms with van der Waals surface area (Å²) in [6.07, 6.45) is 1.05. The van der Waals surface area contributed by atoms with E-state index in [1.807, 2.05) is 0 Å². The summed E-state index contributed by atoms with van der Waals surface area (Å²) in [5.41, 5.74) is 2.52. The van der Waals surface area contributed by atoms with Crippen molar-refractivity contribution < 1.29 is 9.15 Å². The lowest BCUT2D eigenvalue weighted by molar-refractivity contribution is 0.198. The molecule has 6 nitrogen and oxygen atoms in total. The maximum Gasteiger partial charge on any atom is 0.315 e. The third-order valence-corrected chi connectivity index (χ3v) is 3.10. The Labute approximate surface area is 124 Å². The molecule has 0 fully saturated rings. The minimum Gasteiger partial charge on any atom is -0.407 e. The van der Waals surface area contributed by atoms with Gasteiger partial charge in [-0.05, 0) is 17.5 Å². The van der Waals surface area contributed by atoms with Gasteiger partial charge >= 0.3 is 6.01 Å². The van der Waals surface area contributed by atoms with Gasteiger partial charge in [-0.3, -0.25) is 0 Å². The van der Waals surface area contributed by atoms with E-state index in [1.54, 1.807) is 7.11 Å². The fraction of sp³-hybridized carbons (Fsp3) is 0.467. The second-order valence-corrected chi connectivity index (χ2v) is 4.69. The smallest absolute Gasteiger partial charge is 0.315 e. The molecular formula is C15H22N4O2. The Hall–Kier alpha value is -1.92. The average molecular weight is 290 g/mol. The van der Waals surface area contributed by atoms with Gasteiger partial charge in [0.15, 0.2) is 0 Å². The number of aryl methyl sites for hydroxylation is 1. The van der Waals surface area contributed by atoms with E-state index < -0.39 is 0 Å². The first-order valence-corrected chi connectivity index (χ1v) is 7.15. The van der Waals surface area contributed by atoms with Crippen molar-refractivity contribution in [1.29, 1.82) is 0 Å². The van der Waals surface area contributed by atoms with Gasteiger partial charge in [-0.15, -0.1) is 5.10 Å². The lowest BCUT2D eigenvalue weighted by atomic mass is 10.1. The molecule has 0 aliphatic rings. The van der Waals surface area contributed by atoms with Crippen molar-refractivity contribution in [2.24, 2.45) is 0 Å². The van der Waals surface area contributed by atoms with Crippen LogP contribution in [0.5, 0.6) is 0 Å². The van der Waals surface area contributed by atoms with Gasteiger partial charge in [0.05, 0.1) is 13.2 Å². The molecule has 0 aliphatic carbocycles. The number of nitrogens with zero attached hydrogens (tertiary/aromatic N) is 2. The number of benzene rings is 1. The summed E-state index contributed by atoms with van der Waals surface area (Å²) in [6.45, 7) is 4.78. The van der Waals surface area contributed by atoms with E-state index in [1.165, 1.54) is 11.1 Å². The number of nitrogens with one attached hydrogen (secondary N) is 2. The third kappa shape index (κ3) is 5.17. The normalized spacial score (nSPS) is 10.8. The Morgan fingerprint density at radius 1 is 1.10 bits per heavy atom. The molecule has 0 radical (unpaired) electrons. The van der Waals surface area contributed by atoms with Crippen LogP contribution in [0.2, 0.25) is 0 Å². The van der Waals surface area contributed by atoms with Gasteiger partial charge in [-0.2, -0.15) is 0 Å². The summed E-state index contributed by atoms with van der Waals surface area (Å²) in [5, 5.41) is 14.2. The fourth-order valence-electron chi connectivity index (χ4n) is 1.84. The molecule has 0 saturated heterocycles. The first-order chi connectivity index (χ1) is 10.3. The van der Waals surface area contributed by atoms with Crippen LogP contribution in [0.25, 0.3) is 0 Å². The molecule has 21 heavy (non-hydrogen) atoms. The summed E-state index contributed by atoms with van der Waals surface area (Å²) < 4.78 is 10.4. The predicted molar refractivity (Wildman–Crippen MR) is 81.0 cm³/mol. The SMILES string of the molecule is CCc1ccc(CNc2nnc(CNCCOC)o2)cc1. The first kappa shape index (κ1) is 15.5. The molecule has 0 spiro atoms. The highest BCUT2D eigenvalue weighted by Gasteiger charge is 2.05. The number of ether oxygens (including phenoxy) is 1. The number of rotatable bonds is 9. The van der Waals surface area contributed by atoms with Crippen LogP contribution in [0.1, 0.15) is 23.9 Å². The van der Waals surface area contributed by atoms with Gasteiger partial charge < -0.3 is 19.8 Å². The van der Waals surface area contributed by atoms with Crippen LogP contribution < -0.4 is 10.6 Å². The fourth-order valence-corrected chi connectivity index (χ4v) is 1.84. The molecule has 1 aromatic carbocycles. The molecule has 6 heteroatoms. The van der Waals surface area contributed by atoms with Crippen LogP contribution in [0, 0.1) is 0 Å². The lowest BCUT2D eigenvalue weighted by Crippen LogP contribution is -2.18. The summed E-state index contributed by atoms with van der Waals surface area (Å²) in [6, 6.07) is 8.93. The van der Waals surface area contributed by atoms with Gasteiger partial charge in [0.25, 0.3) is 0 Å². The Morgan fingerprint density at radius 3 is 2.57 bits per heavy atom. The second-order valence-electron chi connectivity index (χ2n) is 4.69. The average Bonchev–Trinajstić information content (AvgIpc) is 2.98. The molecular weight excluding hydrogens is 268 g/mol. The number of hydrogen-bond acceptors (Lipinski definition) is 6. The van der Waals surface area contributed by atoms with Crippen molar-refractivity contribution in [3.8, 4) is 0 Å². The second kappa shape index (κ2) is 8.39. The van der Waals surface area contributed by atoms with E-state index in [0.717, 1.165) is 13.0 Å². The zero-order valence-corrected chi connectivity index (χ0v) is 12.6. The summed E-state index contributed by atoms with van der Waals surface area (Å²) in [4.78, 5) is 0. The lowest BCUT2D eigenvalue weighted by Gasteiger charge is -2.03. The zero-order valence-electron chi connectivity index (χ0n) is 12.6. The number of methoxy groups -OCH3 is 1. The maximum atomic E-state index is 5.49. The largest absolute Gasteiger partial charge is 0.407 e. The Balaban J connectivity index is 1.76. The van der Waals surface area contributed by atoms with Crippen molar-refractivity contribution in [1.82, 2.24) is 15.5 Å². The molecule has 2 rings (SSSR count). The van der Waals surface area contributed by atoms with Crippen molar-refractivity contribution >= 4 is 6.01 Å². The van der Waals surface area contributed by atoms with E-state index >= 15 is 0 Å². The highest BCUT2D eigenvalue weighted by Crippen LogP contribution is 2.09. The molecule has 0 aliphatic heterocycles. The van der Waals surface area contributed by atoms with Crippen molar-refractivity contribution in [3.05, 3.63) is 41.3 Å². The van der Waals surface area contributed by atoms with Crippen LogP contribution in [0.3, 0.4) is 0 Å². The number of anilines is 1. The highest BCUT2D eigenvalue weighted by molar-refractivity contribution is 5.26. The summed E-state index contributed by atoms with van der Waals surface area (Å²) >= 11 is 0. The monoisotopic (exact) mass is 290 g/mol. The van der Waals surface area contributed by atoms with E-state index in [2.05, 4.69) is 52.0 Å². The molecule has 0 unspecified atom stereocenters. The number of aromatic nitrogens is 2. The molecule has 114 valence electrons. The molecule has 0 amide bonds. The quantitative estimate of drug-likeness (QED) is 0.688. The van der Waals surface area contributed by atoms with Crippen molar-refractivity contribution in [2.45, 2.75) is 26.4 Å². The van der Waals surface area contributed by atoms with Gasteiger partial charge in [0.1, 0.15) is 0 Å². The predicted octanol–water partition coefficient (Wildman–Crippen LogP) is 1.98. The highest BCUT2D eigenvalue weighted by atomic mass is 16.5. The van der Waals surface area contributed by atoms with Gasteiger partial charge in [0, 0.05) is 20.2 Å². The first-order valence-electron chi connectivity index (χ1n) is 7.15. The number of hydrogen-bond donors (Lipinski definition) is 2. The summed E-state index contributed by atoms with van der Waals surface area (Å²) in [5.74, 6) is 0.565. The molecule has 1 heterocycles. The van der Waals surface area contributed by atoms with Crippen LogP contribution in [-0.4, -0.2) is 30.5 Å². The Morgan fingerprint density at radius 2 is 1.86 bits per heavy atom.